The zero-order valence-electron chi connectivity index (χ0n) is 10.4. The van der Waals surface area contributed by atoms with Crippen molar-refractivity contribution in [3.8, 4) is 0 Å². The second kappa shape index (κ2) is 6.07. The summed E-state index contributed by atoms with van der Waals surface area (Å²) in [6.07, 6.45) is -0.413. The number of rotatable bonds is 4. The van der Waals surface area contributed by atoms with Gasteiger partial charge in [-0.3, -0.25) is 4.79 Å². The molecule has 0 bridgehead atoms. The maximum absolute atomic E-state index is 11.4. The summed E-state index contributed by atoms with van der Waals surface area (Å²) in [5.41, 5.74) is -0.488. The quantitative estimate of drug-likeness (QED) is 0.610. The molecule has 7 nitrogen and oxygen atoms in total. The van der Waals surface area contributed by atoms with Gasteiger partial charge in [0.2, 0.25) is 0 Å². The number of amides is 2. The van der Waals surface area contributed by atoms with Crippen LogP contribution in [0.2, 0.25) is 0 Å². The monoisotopic (exact) mass is 246 g/mol. The first-order chi connectivity index (χ1) is 7.65. The lowest BCUT2D eigenvalue weighted by Crippen LogP contribution is -2.52. The van der Waals surface area contributed by atoms with Crippen LogP contribution in [0.3, 0.4) is 0 Å². The lowest BCUT2D eigenvalue weighted by Gasteiger charge is -2.22. The Morgan fingerprint density at radius 1 is 1.29 bits per heavy atom. The summed E-state index contributed by atoms with van der Waals surface area (Å²) in [6, 6.07) is -1.95. The van der Waals surface area contributed by atoms with E-state index in [2.05, 4.69) is 15.4 Å². The van der Waals surface area contributed by atoms with E-state index in [0.717, 1.165) is 7.11 Å². The van der Waals surface area contributed by atoms with Crippen molar-refractivity contribution < 1.29 is 24.2 Å². The molecular formula is C10H18N2O5. The lowest BCUT2D eigenvalue weighted by atomic mass is 10.1. The number of esters is 1. The minimum absolute atomic E-state index is 0.413. The fourth-order valence-corrected chi connectivity index (χ4v) is 0.985. The van der Waals surface area contributed by atoms with Crippen molar-refractivity contribution in [2.75, 3.05) is 7.11 Å². The van der Waals surface area contributed by atoms with Crippen LogP contribution < -0.4 is 10.6 Å². The number of carboxylic acids is 1. The number of hydrogen-bond acceptors (Lipinski definition) is 4. The third kappa shape index (κ3) is 7.15. The van der Waals surface area contributed by atoms with Gasteiger partial charge in [0.25, 0.3) is 0 Å². The summed E-state index contributed by atoms with van der Waals surface area (Å²) < 4.78 is 4.34. The van der Waals surface area contributed by atoms with E-state index in [1.165, 1.54) is 0 Å². The molecule has 0 aromatic rings. The van der Waals surface area contributed by atoms with Crippen molar-refractivity contribution in [3.63, 3.8) is 0 Å². The molecule has 0 aliphatic rings. The van der Waals surface area contributed by atoms with Crippen LogP contribution in [-0.4, -0.2) is 41.8 Å². The summed E-state index contributed by atoms with van der Waals surface area (Å²) >= 11 is 0. The molecule has 1 atom stereocenters. The standard InChI is InChI=1S/C10H18N2O5/c1-10(2,3)12-9(16)11-6(8(14)15)5-7(13)17-4/h6H,5H2,1-4H3,(H,14,15)(H2,11,12,16)/t6-/m0/s1. The topological polar surface area (TPSA) is 105 Å². The Morgan fingerprint density at radius 3 is 2.18 bits per heavy atom. The van der Waals surface area contributed by atoms with E-state index >= 15 is 0 Å². The first-order valence-electron chi connectivity index (χ1n) is 5.04. The molecule has 0 aliphatic heterocycles. The van der Waals surface area contributed by atoms with Gasteiger partial charge in [-0.15, -0.1) is 0 Å². The largest absolute Gasteiger partial charge is 0.480 e. The van der Waals surface area contributed by atoms with Crippen LogP contribution in [0.1, 0.15) is 27.2 Å². The number of carboxylic acid groups (broad SMARTS) is 1. The van der Waals surface area contributed by atoms with Gasteiger partial charge in [-0.05, 0) is 20.8 Å². The predicted molar refractivity (Wildman–Crippen MR) is 59.5 cm³/mol. The van der Waals surface area contributed by atoms with E-state index < -0.39 is 36.0 Å². The van der Waals surface area contributed by atoms with Crippen molar-refractivity contribution in [1.82, 2.24) is 10.6 Å². The summed E-state index contributed by atoms with van der Waals surface area (Å²) in [5, 5.41) is 13.5. The molecule has 0 saturated heterocycles. The number of methoxy groups -OCH3 is 1. The Labute approximate surface area is 99.5 Å². The third-order valence-corrected chi connectivity index (χ3v) is 1.69. The van der Waals surface area contributed by atoms with Gasteiger partial charge in [-0.2, -0.15) is 0 Å². The summed E-state index contributed by atoms with van der Waals surface area (Å²) in [5.74, 6) is -1.99. The summed E-state index contributed by atoms with van der Waals surface area (Å²) in [6.45, 7) is 5.26. The van der Waals surface area contributed by atoms with Crippen molar-refractivity contribution in [2.45, 2.75) is 38.8 Å². The Kier molecular flexibility index (Phi) is 5.43. The molecule has 0 saturated carbocycles. The number of carbonyl (C=O) groups is 3. The predicted octanol–water partition coefficient (Wildman–Crippen LogP) is 0.100. The van der Waals surface area contributed by atoms with Crippen molar-refractivity contribution >= 4 is 18.0 Å². The van der Waals surface area contributed by atoms with Crippen LogP contribution in [-0.2, 0) is 14.3 Å². The van der Waals surface area contributed by atoms with E-state index in [1.807, 2.05) is 0 Å². The molecule has 3 N–H and O–H groups in total. The molecule has 98 valence electrons. The van der Waals surface area contributed by atoms with Crippen molar-refractivity contribution in [1.29, 1.82) is 0 Å². The van der Waals surface area contributed by atoms with E-state index in [4.69, 9.17) is 5.11 Å². The molecule has 2 amide bonds. The number of urea groups is 1. The van der Waals surface area contributed by atoms with Crippen LogP contribution in [0, 0.1) is 0 Å². The molecule has 0 rings (SSSR count). The van der Waals surface area contributed by atoms with Gasteiger partial charge in [-0.1, -0.05) is 0 Å². The Bertz CT molecular complexity index is 308. The fourth-order valence-electron chi connectivity index (χ4n) is 0.985. The van der Waals surface area contributed by atoms with Gasteiger partial charge in [-0.25, -0.2) is 9.59 Å². The molecule has 0 unspecified atom stereocenters. The Balaban J connectivity index is 4.41. The third-order valence-electron chi connectivity index (χ3n) is 1.69. The smallest absolute Gasteiger partial charge is 0.326 e. The van der Waals surface area contributed by atoms with E-state index in [1.54, 1.807) is 20.8 Å². The van der Waals surface area contributed by atoms with Crippen LogP contribution in [0.15, 0.2) is 0 Å². The molecule has 0 aromatic heterocycles. The molecule has 17 heavy (non-hydrogen) atoms. The maximum Gasteiger partial charge on any atom is 0.326 e. The minimum atomic E-state index is -1.30. The van der Waals surface area contributed by atoms with Crippen molar-refractivity contribution in [2.24, 2.45) is 0 Å². The van der Waals surface area contributed by atoms with E-state index in [9.17, 15) is 14.4 Å². The number of aliphatic carboxylic acids is 1. The normalized spacial score (nSPS) is 12.5. The average Bonchev–Trinajstić information content (AvgIpc) is 2.13. The molecule has 0 heterocycles. The number of carbonyl (C=O) groups excluding carboxylic acids is 2. The van der Waals surface area contributed by atoms with Gasteiger partial charge in [0.1, 0.15) is 6.04 Å². The number of nitrogens with one attached hydrogen (secondary N) is 2. The first kappa shape index (κ1) is 15.2. The highest BCUT2D eigenvalue weighted by molar-refractivity contribution is 5.86. The summed E-state index contributed by atoms with van der Waals surface area (Å²) in [4.78, 5) is 33.1. The van der Waals surface area contributed by atoms with Gasteiger partial charge in [0, 0.05) is 5.54 Å². The number of hydrogen-bond donors (Lipinski definition) is 3. The molecular weight excluding hydrogens is 228 g/mol. The molecule has 0 aromatic carbocycles. The highest BCUT2D eigenvalue weighted by Crippen LogP contribution is 1.99. The summed E-state index contributed by atoms with van der Waals surface area (Å²) in [7, 11) is 1.15. The zero-order chi connectivity index (χ0) is 13.6. The van der Waals surface area contributed by atoms with Crippen LogP contribution >= 0.6 is 0 Å². The van der Waals surface area contributed by atoms with Crippen LogP contribution in [0.5, 0.6) is 0 Å². The SMILES string of the molecule is COC(=O)C[C@H](NC(=O)NC(C)(C)C)C(=O)O. The maximum atomic E-state index is 11.4. The van der Waals surface area contributed by atoms with Crippen LogP contribution in [0.25, 0.3) is 0 Å². The van der Waals surface area contributed by atoms with Gasteiger partial charge >= 0.3 is 18.0 Å². The number of ether oxygens (including phenoxy) is 1. The Hall–Kier alpha value is -1.79. The van der Waals surface area contributed by atoms with E-state index in [-0.39, 0.29) is 0 Å². The molecule has 0 spiro atoms. The fraction of sp³-hybridized carbons (Fsp3) is 0.700. The van der Waals surface area contributed by atoms with Gasteiger partial charge in [0.05, 0.1) is 13.5 Å². The first-order valence-corrected chi connectivity index (χ1v) is 5.04. The average molecular weight is 246 g/mol. The molecule has 0 radical (unpaired) electrons. The zero-order valence-corrected chi connectivity index (χ0v) is 10.4. The van der Waals surface area contributed by atoms with Crippen LogP contribution in [0.4, 0.5) is 4.79 Å². The van der Waals surface area contributed by atoms with Crippen molar-refractivity contribution in [3.05, 3.63) is 0 Å². The minimum Gasteiger partial charge on any atom is -0.480 e. The second-order valence-corrected chi connectivity index (χ2v) is 4.52. The Morgan fingerprint density at radius 2 is 1.82 bits per heavy atom. The molecule has 0 fully saturated rings. The second-order valence-electron chi connectivity index (χ2n) is 4.52. The van der Waals surface area contributed by atoms with Gasteiger partial charge in [0.15, 0.2) is 0 Å². The van der Waals surface area contributed by atoms with E-state index in [0.29, 0.717) is 0 Å². The highest BCUT2D eigenvalue weighted by atomic mass is 16.5. The lowest BCUT2D eigenvalue weighted by molar-refractivity contribution is -0.147. The molecule has 7 heteroatoms. The molecule has 0 aliphatic carbocycles. The van der Waals surface area contributed by atoms with Gasteiger partial charge < -0.3 is 20.5 Å². The highest BCUT2D eigenvalue weighted by Gasteiger charge is 2.25.